The summed E-state index contributed by atoms with van der Waals surface area (Å²) >= 11 is 0. The predicted octanol–water partition coefficient (Wildman–Crippen LogP) is 2.14. The number of ether oxygens (including phenoxy) is 2. The van der Waals surface area contributed by atoms with Crippen LogP contribution in [0, 0.1) is 15.5 Å². The Kier molecular flexibility index (Phi) is 5.28. The lowest BCUT2D eigenvalue weighted by Crippen LogP contribution is -2.35. The summed E-state index contributed by atoms with van der Waals surface area (Å²) in [6.07, 6.45) is 0.186. The third-order valence-corrected chi connectivity index (χ3v) is 4.20. The van der Waals surface area contributed by atoms with Gasteiger partial charge in [0, 0.05) is 19.2 Å². The zero-order valence-corrected chi connectivity index (χ0v) is 13.9. The number of hydrogen-bond acceptors (Lipinski definition) is 6. The van der Waals surface area contributed by atoms with Crippen molar-refractivity contribution in [1.82, 2.24) is 4.90 Å². The Morgan fingerprint density at radius 1 is 1.38 bits per heavy atom. The first-order chi connectivity index (χ1) is 12.1. The van der Waals surface area contributed by atoms with E-state index in [9.17, 15) is 33.6 Å². The van der Waals surface area contributed by atoms with Crippen LogP contribution in [-0.2, 0) is 4.79 Å². The van der Waals surface area contributed by atoms with Gasteiger partial charge in [0.1, 0.15) is 5.56 Å². The van der Waals surface area contributed by atoms with Gasteiger partial charge in [-0.1, -0.05) is 0 Å². The van der Waals surface area contributed by atoms with Gasteiger partial charge in [0.05, 0.1) is 23.5 Å². The van der Waals surface area contributed by atoms with E-state index in [4.69, 9.17) is 4.74 Å². The smallest absolute Gasteiger partial charge is 0.387 e. The molecule has 1 aliphatic rings. The number of aliphatic carboxylic acids is 1. The van der Waals surface area contributed by atoms with Crippen LogP contribution < -0.4 is 9.47 Å². The second-order valence-electron chi connectivity index (χ2n) is 6.00. The molecule has 9 nitrogen and oxygen atoms in total. The summed E-state index contributed by atoms with van der Waals surface area (Å²) in [5.74, 6) is -2.73. The largest absolute Gasteiger partial charge is 0.493 e. The maximum absolute atomic E-state index is 12.7. The minimum absolute atomic E-state index is 0.0936. The number of nitro benzene ring substituents is 1. The lowest BCUT2D eigenvalue weighted by molar-refractivity contribution is -0.385. The zero-order valence-electron chi connectivity index (χ0n) is 13.9. The van der Waals surface area contributed by atoms with Crippen LogP contribution >= 0.6 is 0 Å². The molecule has 1 unspecified atom stereocenters. The number of amides is 1. The van der Waals surface area contributed by atoms with Crippen LogP contribution in [0.4, 0.5) is 14.5 Å². The van der Waals surface area contributed by atoms with Crippen molar-refractivity contribution >= 4 is 17.6 Å². The number of halogens is 2. The van der Waals surface area contributed by atoms with E-state index >= 15 is 0 Å². The van der Waals surface area contributed by atoms with Gasteiger partial charge in [0.2, 0.25) is 0 Å². The number of carbonyl (C=O) groups is 2. The van der Waals surface area contributed by atoms with Gasteiger partial charge >= 0.3 is 12.6 Å². The Bertz CT molecular complexity index is 756. The summed E-state index contributed by atoms with van der Waals surface area (Å²) < 4.78 is 34.0. The number of rotatable bonds is 6. The van der Waals surface area contributed by atoms with Crippen LogP contribution in [0.25, 0.3) is 0 Å². The van der Waals surface area contributed by atoms with Gasteiger partial charge < -0.3 is 19.5 Å². The summed E-state index contributed by atoms with van der Waals surface area (Å²) in [4.78, 5) is 35.5. The number of carbonyl (C=O) groups excluding carboxylic acids is 1. The number of nitro groups is 1. The molecule has 11 heteroatoms. The van der Waals surface area contributed by atoms with Crippen molar-refractivity contribution in [2.24, 2.45) is 5.41 Å². The van der Waals surface area contributed by atoms with Crippen molar-refractivity contribution in [2.45, 2.75) is 20.0 Å². The molecular formula is C15H16F2N2O7. The number of likely N-dealkylation sites (tertiary alicyclic amines) is 1. The third kappa shape index (κ3) is 3.65. The van der Waals surface area contributed by atoms with Gasteiger partial charge in [-0.15, -0.1) is 0 Å². The minimum atomic E-state index is -3.24. The fourth-order valence-electron chi connectivity index (χ4n) is 2.70. The van der Waals surface area contributed by atoms with E-state index in [1.54, 1.807) is 0 Å². The topological polar surface area (TPSA) is 119 Å². The Morgan fingerprint density at radius 2 is 2.04 bits per heavy atom. The monoisotopic (exact) mass is 374 g/mol. The SMILES string of the molecule is COc1cc(C(=O)N2CCC(C)(C(=O)O)C2)c([N+](=O)[O-])cc1OC(F)F. The molecule has 1 heterocycles. The first-order valence-electron chi connectivity index (χ1n) is 7.43. The van der Waals surface area contributed by atoms with Crippen LogP contribution in [0.5, 0.6) is 11.5 Å². The van der Waals surface area contributed by atoms with Crippen molar-refractivity contribution in [1.29, 1.82) is 0 Å². The lowest BCUT2D eigenvalue weighted by atomic mass is 9.90. The standard InChI is InChI=1S/C15H16F2N2O7/c1-15(13(21)22)3-4-18(7-15)12(20)8-5-10(25-2)11(26-14(16)17)6-9(8)19(23)24/h5-6,14H,3-4,7H2,1-2H3,(H,21,22). The summed E-state index contributed by atoms with van der Waals surface area (Å²) in [6, 6.07) is 1.62. The van der Waals surface area contributed by atoms with E-state index < -0.39 is 45.8 Å². The predicted molar refractivity (Wildman–Crippen MR) is 82.5 cm³/mol. The van der Waals surface area contributed by atoms with E-state index in [2.05, 4.69) is 4.74 Å². The van der Waals surface area contributed by atoms with Gasteiger partial charge in [0.15, 0.2) is 11.5 Å². The average Bonchev–Trinajstić information content (AvgIpc) is 2.97. The van der Waals surface area contributed by atoms with Gasteiger partial charge in [-0.3, -0.25) is 19.7 Å². The van der Waals surface area contributed by atoms with Crippen molar-refractivity contribution < 1.29 is 37.9 Å². The molecule has 142 valence electrons. The number of carboxylic acid groups (broad SMARTS) is 1. The molecule has 1 aliphatic heterocycles. The minimum Gasteiger partial charge on any atom is -0.493 e. The molecule has 1 atom stereocenters. The average molecular weight is 374 g/mol. The van der Waals surface area contributed by atoms with Crippen molar-refractivity contribution in [2.75, 3.05) is 20.2 Å². The molecule has 1 saturated heterocycles. The maximum atomic E-state index is 12.7. The molecule has 0 aliphatic carbocycles. The van der Waals surface area contributed by atoms with Gasteiger partial charge in [0.25, 0.3) is 11.6 Å². The Balaban J connectivity index is 2.43. The Morgan fingerprint density at radius 3 is 2.50 bits per heavy atom. The number of hydrogen-bond donors (Lipinski definition) is 1. The molecule has 1 aromatic carbocycles. The normalized spacial score (nSPS) is 19.5. The van der Waals surface area contributed by atoms with E-state index in [0.29, 0.717) is 6.07 Å². The summed E-state index contributed by atoms with van der Waals surface area (Å²) in [6.45, 7) is -1.80. The second-order valence-corrected chi connectivity index (χ2v) is 6.00. The Labute approximate surface area is 146 Å². The molecule has 0 spiro atoms. The molecule has 0 aromatic heterocycles. The Hall–Kier alpha value is -2.98. The van der Waals surface area contributed by atoms with E-state index in [0.717, 1.165) is 13.2 Å². The zero-order chi connectivity index (χ0) is 19.6. The number of methoxy groups -OCH3 is 1. The fraction of sp³-hybridized carbons (Fsp3) is 0.467. The molecule has 1 fully saturated rings. The highest BCUT2D eigenvalue weighted by Gasteiger charge is 2.43. The van der Waals surface area contributed by atoms with Crippen molar-refractivity contribution in [3.63, 3.8) is 0 Å². The molecule has 1 aromatic rings. The van der Waals surface area contributed by atoms with Crippen LogP contribution in [0.15, 0.2) is 12.1 Å². The summed E-state index contributed by atoms with van der Waals surface area (Å²) in [7, 11) is 1.13. The van der Waals surface area contributed by atoms with Crippen LogP contribution in [-0.4, -0.2) is 53.6 Å². The number of benzene rings is 1. The molecule has 1 amide bonds. The first-order valence-corrected chi connectivity index (χ1v) is 7.43. The van der Waals surface area contributed by atoms with E-state index in [1.807, 2.05) is 0 Å². The highest BCUT2D eigenvalue weighted by atomic mass is 19.3. The van der Waals surface area contributed by atoms with Crippen LogP contribution in [0.1, 0.15) is 23.7 Å². The molecule has 1 N–H and O–H groups in total. The highest BCUT2D eigenvalue weighted by molar-refractivity contribution is 5.99. The molecule has 0 saturated carbocycles. The molecule has 2 rings (SSSR count). The number of nitrogens with zero attached hydrogens (tertiary/aromatic N) is 2. The van der Waals surface area contributed by atoms with Crippen molar-refractivity contribution in [3.05, 3.63) is 27.8 Å². The van der Waals surface area contributed by atoms with Gasteiger partial charge in [-0.05, 0) is 13.3 Å². The lowest BCUT2D eigenvalue weighted by Gasteiger charge is -2.20. The quantitative estimate of drug-likeness (QED) is 0.598. The summed E-state index contributed by atoms with van der Waals surface area (Å²) in [5, 5.41) is 20.5. The van der Waals surface area contributed by atoms with Crippen LogP contribution in [0.2, 0.25) is 0 Å². The molecular weight excluding hydrogens is 358 g/mol. The maximum Gasteiger partial charge on any atom is 0.387 e. The van der Waals surface area contributed by atoms with Gasteiger partial charge in [-0.2, -0.15) is 8.78 Å². The number of carboxylic acids is 1. The van der Waals surface area contributed by atoms with E-state index in [-0.39, 0.29) is 25.3 Å². The number of alkyl halides is 2. The van der Waals surface area contributed by atoms with Crippen LogP contribution in [0.3, 0.4) is 0 Å². The van der Waals surface area contributed by atoms with Crippen molar-refractivity contribution in [3.8, 4) is 11.5 Å². The van der Waals surface area contributed by atoms with E-state index in [1.165, 1.54) is 11.8 Å². The fourth-order valence-corrected chi connectivity index (χ4v) is 2.70. The third-order valence-electron chi connectivity index (χ3n) is 4.20. The molecule has 26 heavy (non-hydrogen) atoms. The highest BCUT2D eigenvalue weighted by Crippen LogP contribution is 2.38. The molecule has 0 radical (unpaired) electrons. The second kappa shape index (κ2) is 7.10. The molecule has 0 bridgehead atoms. The summed E-state index contributed by atoms with van der Waals surface area (Å²) in [5.41, 5.74) is -2.30. The van der Waals surface area contributed by atoms with Gasteiger partial charge in [-0.25, -0.2) is 0 Å². The first kappa shape index (κ1) is 19.3.